The number of carbonyl (C=O) groups excluding carboxylic acids is 2. The molecule has 1 amide bonds. The molecule has 0 fully saturated rings. The molecule has 3 aromatic heterocycles. The molecule has 170 valence electrons. The molecule has 0 aliphatic carbocycles. The van der Waals surface area contributed by atoms with Gasteiger partial charge in [-0.3, -0.25) is 9.59 Å². The third-order valence-corrected chi connectivity index (χ3v) is 5.29. The van der Waals surface area contributed by atoms with E-state index in [0.29, 0.717) is 33.7 Å². The maximum Gasteiger partial charge on any atom is 0.292 e. The highest BCUT2D eigenvalue weighted by atomic mass is 19.1. The second kappa shape index (κ2) is 8.74. The molecule has 2 N–H and O–H groups in total. The molecule has 0 aliphatic rings. The lowest BCUT2D eigenvalue weighted by Gasteiger charge is -2.07. The molecule has 9 nitrogen and oxygen atoms in total. The number of nitrogens with zero attached hydrogens (tertiary/aromatic N) is 4. The summed E-state index contributed by atoms with van der Waals surface area (Å²) in [6.45, 7) is 1.95. The number of para-hydroxylation sites is 1. The Balaban J connectivity index is 1.23. The molecule has 0 unspecified atom stereocenters. The average Bonchev–Trinajstić information content (AvgIpc) is 3.41. The van der Waals surface area contributed by atoms with E-state index in [-0.39, 0.29) is 19.0 Å². The molecule has 0 radical (unpaired) electrons. The largest absolute Gasteiger partial charge is 0.475 e. The van der Waals surface area contributed by atoms with Crippen LogP contribution in [0.3, 0.4) is 0 Å². The summed E-state index contributed by atoms with van der Waals surface area (Å²) in [5.41, 5.74) is 2.79. The minimum Gasteiger partial charge on any atom is -0.475 e. The molecule has 5 rings (SSSR count). The van der Waals surface area contributed by atoms with Crippen molar-refractivity contribution in [3.63, 3.8) is 0 Å². The van der Waals surface area contributed by atoms with Gasteiger partial charge in [0.15, 0.2) is 11.5 Å². The van der Waals surface area contributed by atoms with Crippen molar-refractivity contribution < 1.29 is 18.7 Å². The first-order valence-corrected chi connectivity index (χ1v) is 10.5. The number of aromatic amines is 1. The van der Waals surface area contributed by atoms with Crippen molar-refractivity contribution in [3.8, 4) is 17.3 Å². The number of aryl methyl sites for hydroxylation is 1. The van der Waals surface area contributed by atoms with Crippen LogP contribution in [0.5, 0.6) is 5.88 Å². The molecular formula is C24H19FN6O3. The number of rotatable bonds is 7. The Bertz CT molecular complexity index is 1540. The number of fused-ring (bicyclic) bond motifs is 2. The first-order chi connectivity index (χ1) is 16.5. The lowest BCUT2D eigenvalue weighted by atomic mass is 10.1. The van der Waals surface area contributed by atoms with Crippen molar-refractivity contribution in [1.29, 1.82) is 0 Å². The number of H-pyrrole nitrogens is 1. The highest BCUT2D eigenvalue weighted by Gasteiger charge is 2.22. The zero-order valence-corrected chi connectivity index (χ0v) is 18.1. The standard InChI is InChI=1S/C24H19FN6O3/c1-14-21(17-7-2-3-8-18(17)27-14)22(32)24(33)26-11-12-34-20-10-9-19-28-29-23(31(19)30-20)15-5-4-6-16(25)13-15/h2-10,13,27H,11-12H2,1H3,(H,26,33). The number of ketones is 1. The van der Waals surface area contributed by atoms with Crippen LogP contribution in [0.2, 0.25) is 0 Å². The fourth-order valence-electron chi connectivity index (χ4n) is 3.74. The average molecular weight is 458 g/mol. The summed E-state index contributed by atoms with van der Waals surface area (Å²) >= 11 is 0. The van der Waals surface area contributed by atoms with Crippen molar-refractivity contribution in [2.45, 2.75) is 6.92 Å². The van der Waals surface area contributed by atoms with Crippen molar-refractivity contribution in [2.75, 3.05) is 13.2 Å². The van der Waals surface area contributed by atoms with Crippen LogP contribution in [-0.4, -0.2) is 49.6 Å². The Morgan fingerprint density at radius 2 is 1.94 bits per heavy atom. The third-order valence-electron chi connectivity index (χ3n) is 5.29. The van der Waals surface area contributed by atoms with E-state index in [1.54, 1.807) is 37.3 Å². The predicted molar refractivity (Wildman–Crippen MR) is 122 cm³/mol. The van der Waals surface area contributed by atoms with E-state index in [1.165, 1.54) is 16.6 Å². The minimum absolute atomic E-state index is 0.0851. The normalized spacial score (nSPS) is 11.1. The van der Waals surface area contributed by atoms with Gasteiger partial charge in [-0.2, -0.15) is 4.52 Å². The van der Waals surface area contributed by atoms with Crippen molar-refractivity contribution in [1.82, 2.24) is 30.1 Å². The van der Waals surface area contributed by atoms with Gasteiger partial charge in [0.05, 0.1) is 12.1 Å². The number of Topliss-reactive ketones (excluding diaryl/α,β-unsaturated/α-hetero) is 1. The fourth-order valence-corrected chi connectivity index (χ4v) is 3.74. The van der Waals surface area contributed by atoms with E-state index in [0.717, 1.165) is 5.52 Å². The molecule has 0 saturated heterocycles. The molecule has 0 aliphatic heterocycles. The van der Waals surface area contributed by atoms with E-state index in [9.17, 15) is 14.0 Å². The zero-order chi connectivity index (χ0) is 23.7. The summed E-state index contributed by atoms with van der Waals surface area (Å²) in [6, 6.07) is 16.6. The van der Waals surface area contributed by atoms with Crippen LogP contribution >= 0.6 is 0 Å². The first kappa shape index (κ1) is 21.3. The number of benzene rings is 2. The molecular weight excluding hydrogens is 439 g/mol. The molecule has 0 bridgehead atoms. The molecule has 3 heterocycles. The van der Waals surface area contributed by atoms with E-state index in [4.69, 9.17) is 4.74 Å². The number of halogens is 1. The topological polar surface area (TPSA) is 114 Å². The molecule has 0 atom stereocenters. The molecule has 0 saturated carbocycles. The number of nitrogens with one attached hydrogen (secondary N) is 2. The van der Waals surface area contributed by atoms with Crippen LogP contribution in [0.4, 0.5) is 4.39 Å². The van der Waals surface area contributed by atoms with Gasteiger partial charge in [-0.25, -0.2) is 4.39 Å². The third kappa shape index (κ3) is 3.96. The van der Waals surface area contributed by atoms with E-state index < -0.39 is 17.5 Å². The Labute approximate surface area is 192 Å². The highest BCUT2D eigenvalue weighted by molar-refractivity contribution is 6.45. The van der Waals surface area contributed by atoms with Crippen LogP contribution in [0.1, 0.15) is 16.1 Å². The van der Waals surface area contributed by atoms with Crippen LogP contribution in [0.25, 0.3) is 27.9 Å². The van der Waals surface area contributed by atoms with Crippen LogP contribution in [0, 0.1) is 12.7 Å². The number of amides is 1. The lowest BCUT2D eigenvalue weighted by Crippen LogP contribution is -2.34. The number of hydrogen-bond acceptors (Lipinski definition) is 6. The molecule has 5 aromatic rings. The van der Waals surface area contributed by atoms with Gasteiger partial charge in [0, 0.05) is 28.2 Å². The van der Waals surface area contributed by atoms with Gasteiger partial charge < -0.3 is 15.0 Å². The number of aromatic nitrogens is 5. The quantitative estimate of drug-likeness (QED) is 0.220. The molecule has 0 spiro atoms. The van der Waals surface area contributed by atoms with Crippen LogP contribution in [-0.2, 0) is 4.79 Å². The number of hydrogen-bond donors (Lipinski definition) is 2. The second-order valence-corrected chi connectivity index (χ2v) is 7.58. The summed E-state index contributed by atoms with van der Waals surface area (Å²) < 4.78 is 20.7. The Morgan fingerprint density at radius 1 is 1.09 bits per heavy atom. The Hall–Kier alpha value is -4.60. The minimum atomic E-state index is -0.716. The van der Waals surface area contributed by atoms with Gasteiger partial charge in [-0.15, -0.1) is 15.3 Å². The Morgan fingerprint density at radius 3 is 2.79 bits per heavy atom. The molecule has 34 heavy (non-hydrogen) atoms. The van der Waals surface area contributed by atoms with Crippen molar-refractivity contribution >= 4 is 28.2 Å². The van der Waals surface area contributed by atoms with Gasteiger partial charge in [0.1, 0.15) is 12.4 Å². The van der Waals surface area contributed by atoms with Crippen molar-refractivity contribution in [3.05, 3.63) is 77.7 Å². The van der Waals surface area contributed by atoms with Crippen LogP contribution < -0.4 is 10.1 Å². The molecule has 2 aromatic carbocycles. The maximum atomic E-state index is 13.6. The SMILES string of the molecule is Cc1[nH]c2ccccc2c1C(=O)C(=O)NCCOc1ccc2nnc(-c3cccc(F)c3)n2n1. The lowest BCUT2D eigenvalue weighted by molar-refractivity contribution is -0.117. The van der Waals surface area contributed by atoms with Gasteiger partial charge in [-0.1, -0.05) is 30.3 Å². The molecule has 10 heteroatoms. The summed E-state index contributed by atoms with van der Waals surface area (Å²) in [5.74, 6) is -1.09. The van der Waals surface area contributed by atoms with Gasteiger partial charge >= 0.3 is 0 Å². The Kier molecular flexibility index (Phi) is 5.46. The smallest absolute Gasteiger partial charge is 0.292 e. The monoisotopic (exact) mass is 458 g/mol. The van der Waals surface area contributed by atoms with Gasteiger partial charge in [-0.05, 0) is 31.2 Å². The first-order valence-electron chi connectivity index (χ1n) is 10.5. The van der Waals surface area contributed by atoms with E-state index in [2.05, 4.69) is 25.6 Å². The summed E-state index contributed by atoms with van der Waals surface area (Å²) in [4.78, 5) is 28.2. The summed E-state index contributed by atoms with van der Waals surface area (Å²) in [6.07, 6.45) is 0. The van der Waals surface area contributed by atoms with E-state index in [1.807, 2.05) is 18.2 Å². The second-order valence-electron chi connectivity index (χ2n) is 7.58. The van der Waals surface area contributed by atoms with Gasteiger partial charge in [0.2, 0.25) is 5.88 Å². The maximum absolute atomic E-state index is 13.6. The summed E-state index contributed by atoms with van der Waals surface area (Å²) in [5, 5.41) is 15.7. The van der Waals surface area contributed by atoms with Crippen LogP contribution in [0.15, 0.2) is 60.7 Å². The highest BCUT2D eigenvalue weighted by Crippen LogP contribution is 2.22. The zero-order valence-electron chi connectivity index (χ0n) is 18.1. The van der Waals surface area contributed by atoms with Gasteiger partial charge in [0.25, 0.3) is 11.7 Å². The van der Waals surface area contributed by atoms with E-state index >= 15 is 0 Å². The van der Waals surface area contributed by atoms with Crippen molar-refractivity contribution in [2.24, 2.45) is 0 Å². The predicted octanol–water partition coefficient (Wildman–Crippen LogP) is 3.10. The summed E-state index contributed by atoms with van der Waals surface area (Å²) in [7, 11) is 0. The number of ether oxygens (including phenoxy) is 1. The fraction of sp³-hybridized carbons (Fsp3) is 0.125. The number of carbonyl (C=O) groups is 2.